The Hall–Kier alpha value is -1.37. The SMILES string of the molecule is CN(c1c(F)c(F)c(F)c(F)c1F)C(CN)C1CC1. The number of hydrogen-bond acceptors (Lipinski definition) is 2. The van der Waals surface area contributed by atoms with E-state index in [1.165, 1.54) is 7.05 Å². The Kier molecular flexibility index (Phi) is 3.66. The highest BCUT2D eigenvalue weighted by atomic mass is 19.2. The zero-order chi connectivity index (χ0) is 14.3. The number of rotatable bonds is 4. The topological polar surface area (TPSA) is 29.3 Å². The van der Waals surface area contributed by atoms with E-state index in [4.69, 9.17) is 5.73 Å². The molecule has 2 rings (SSSR count). The van der Waals surface area contributed by atoms with Crippen LogP contribution in [0, 0.1) is 35.0 Å². The van der Waals surface area contributed by atoms with Crippen molar-refractivity contribution >= 4 is 5.69 Å². The van der Waals surface area contributed by atoms with Gasteiger partial charge >= 0.3 is 0 Å². The zero-order valence-electron chi connectivity index (χ0n) is 10.2. The fraction of sp³-hybridized carbons (Fsp3) is 0.500. The van der Waals surface area contributed by atoms with Crippen molar-refractivity contribution in [2.45, 2.75) is 18.9 Å². The van der Waals surface area contributed by atoms with Crippen molar-refractivity contribution in [1.29, 1.82) is 0 Å². The number of benzene rings is 1. The summed E-state index contributed by atoms with van der Waals surface area (Å²) in [4.78, 5) is 1.05. The summed E-state index contributed by atoms with van der Waals surface area (Å²) in [6.45, 7) is 0.0840. The molecule has 0 aromatic heterocycles. The van der Waals surface area contributed by atoms with Crippen LogP contribution in [0.4, 0.5) is 27.6 Å². The van der Waals surface area contributed by atoms with Crippen molar-refractivity contribution in [3.05, 3.63) is 29.1 Å². The smallest absolute Gasteiger partial charge is 0.200 e. The largest absolute Gasteiger partial charge is 0.365 e. The number of likely N-dealkylation sites (N-methyl/N-ethyl adjacent to an activating group) is 1. The number of nitrogens with two attached hydrogens (primary N) is 1. The van der Waals surface area contributed by atoms with E-state index in [-0.39, 0.29) is 12.5 Å². The molecule has 2 N–H and O–H groups in total. The highest BCUT2D eigenvalue weighted by Gasteiger charge is 2.37. The van der Waals surface area contributed by atoms with Gasteiger partial charge in [0.05, 0.1) is 0 Å². The first-order valence-electron chi connectivity index (χ1n) is 5.84. The molecule has 2 nitrogen and oxygen atoms in total. The van der Waals surface area contributed by atoms with Crippen LogP contribution in [0.1, 0.15) is 12.8 Å². The van der Waals surface area contributed by atoms with Gasteiger partial charge in [0, 0.05) is 19.6 Å². The Labute approximate surface area is 107 Å². The molecule has 1 saturated carbocycles. The van der Waals surface area contributed by atoms with E-state index in [2.05, 4.69) is 0 Å². The van der Waals surface area contributed by atoms with Gasteiger partial charge in [-0.25, -0.2) is 22.0 Å². The van der Waals surface area contributed by atoms with Crippen LogP contribution < -0.4 is 10.6 Å². The molecular weight excluding hydrogens is 267 g/mol. The molecule has 7 heteroatoms. The normalized spacial score (nSPS) is 16.6. The van der Waals surface area contributed by atoms with Crippen molar-refractivity contribution in [2.75, 3.05) is 18.5 Å². The highest BCUT2D eigenvalue weighted by Crippen LogP contribution is 2.38. The molecular formula is C12H13F5N2. The second-order valence-corrected chi connectivity index (χ2v) is 4.67. The average molecular weight is 280 g/mol. The number of nitrogens with zero attached hydrogens (tertiary/aromatic N) is 1. The van der Waals surface area contributed by atoms with Gasteiger partial charge in [-0.05, 0) is 18.8 Å². The maximum Gasteiger partial charge on any atom is 0.200 e. The van der Waals surface area contributed by atoms with Gasteiger partial charge in [-0.1, -0.05) is 0 Å². The third-order valence-corrected chi connectivity index (χ3v) is 3.44. The molecule has 1 aliphatic carbocycles. The molecule has 1 aliphatic rings. The van der Waals surface area contributed by atoms with Gasteiger partial charge in [0.2, 0.25) is 5.82 Å². The van der Waals surface area contributed by atoms with Crippen LogP contribution in [-0.2, 0) is 0 Å². The molecule has 0 spiro atoms. The summed E-state index contributed by atoms with van der Waals surface area (Å²) in [5.74, 6) is -9.54. The van der Waals surface area contributed by atoms with E-state index >= 15 is 0 Å². The summed E-state index contributed by atoms with van der Waals surface area (Å²) < 4.78 is 66.5. The summed E-state index contributed by atoms with van der Waals surface area (Å²) >= 11 is 0. The lowest BCUT2D eigenvalue weighted by Gasteiger charge is -2.30. The molecule has 19 heavy (non-hydrogen) atoms. The predicted octanol–water partition coefficient (Wildman–Crippen LogP) is 2.56. The van der Waals surface area contributed by atoms with Gasteiger partial charge in [-0.2, -0.15) is 0 Å². The van der Waals surface area contributed by atoms with Crippen LogP contribution in [0.5, 0.6) is 0 Å². The fourth-order valence-electron chi connectivity index (χ4n) is 2.22. The van der Waals surface area contributed by atoms with Crippen LogP contribution in [0.25, 0.3) is 0 Å². The molecule has 1 aromatic rings. The monoisotopic (exact) mass is 280 g/mol. The lowest BCUT2D eigenvalue weighted by Crippen LogP contribution is -2.41. The average Bonchev–Trinajstić information content (AvgIpc) is 3.20. The molecule has 1 atom stereocenters. The molecule has 0 bridgehead atoms. The molecule has 0 heterocycles. The summed E-state index contributed by atoms with van der Waals surface area (Å²) in [6, 6.07) is -0.437. The molecule has 0 aliphatic heterocycles. The highest BCUT2D eigenvalue weighted by molar-refractivity contribution is 5.51. The van der Waals surface area contributed by atoms with Crippen molar-refractivity contribution in [3.63, 3.8) is 0 Å². The quantitative estimate of drug-likeness (QED) is 0.522. The minimum Gasteiger partial charge on any atom is -0.365 e. The van der Waals surface area contributed by atoms with Crippen molar-refractivity contribution in [3.8, 4) is 0 Å². The van der Waals surface area contributed by atoms with Gasteiger partial charge in [0.25, 0.3) is 0 Å². The zero-order valence-corrected chi connectivity index (χ0v) is 10.2. The lowest BCUT2D eigenvalue weighted by molar-refractivity contribution is 0.376. The van der Waals surface area contributed by atoms with Crippen LogP contribution in [0.3, 0.4) is 0 Å². The third kappa shape index (κ3) is 2.27. The minimum absolute atomic E-state index is 0.0840. The summed E-state index contributed by atoms with van der Waals surface area (Å²) in [6.07, 6.45) is 1.67. The van der Waals surface area contributed by atoms with Crippen LogP contribution >= 0.6 is 0 Å². The maximum atomic E-state index is 13.6. The Morgan fingerprint density at radius 3 is 1.79 bits per heavy atom. The first-order valence-corrected chi connectivity index (χ1v) is 5.84. The van der Waals surface area contributed by atoms with E-state index in [0.717, 1.165) is 17.7 Å². The van der Waals surface area contributed by atoms with Crippen LogP contribution in [-0.4, -0.2) is 19.6 Å². The Bertz CT molecular complexity index is 472. The fourth-order valence-corrected chi connectivity index (χ4v) is 2.22. The Morgan fingerprint density at radius 2 is 1.42 bits per heavy atom. The first kappa shape index (κ1) is 14.0. The predicted molar refractivity (Wildman–Crippen MR) is 60.2 cm³/mol. The maximum absolute atomic E-state index is 13.6. The molecule has 106 valence electrons. The van der Waals surface area contributed by atoms with Gasteiger partial charge in [0.15, 0.2) is 23.3 Å². The van der Waals surface area contributed by atoms with Crippen molar-refractivity contribution < 1.29 is 22.0 Å². The lowest BCUT2D eigenvalue weighted by atomic mass is 10.1. The van der Waals surface area contributed by atoms with E-state index in [1.54, 1.807) is 0 Å². The summed E-state index contributed by atoms with van der Waals surface area (Å²) in [5.41, 5.74) is 4.59. The van der Waals surface area contributed by atoms with E-state index in [0.29, 0.717) is 0 Å². The second-order valence-electron chi connectivity index (χ2n) is 4.67. The molecule has 1 fully saturated rings. The van der Waals surface area contributed by atoms with Crippen molar-refractivity contribution in [2.24, 2.45) is 11.7 Å². The second kappa shape index (κ2) is 4.96. The molecule has 1 unspecified atom stereocenters. The van der Waals surface area contributed by atoms with Gasteiger partial charge in [0.1, 0.15) is 5.69 Å². The number of anilines is 1. The summed E-state index contributed by atoms with van der Waals surface area (Å²) in [7, 11) is 1.29. The van der Waals surface area contributed by atoms with E-state index < -0.39 is 40.8 Å². The minimum atomic E-state index is -2.15. The van der Waals surface area contributed by atoms with Gasteiger partial charge in [-0.15, -0.1) is 0 Å². The number of halogens is 5. The third-order valence-electron chi connectivity index (χ3n) is 3.44. The summed E-state index contributed by atoms with van der Waals surface area (Å²) in [5, 5.41) is 0. The molecule has 1 aromatic carbocycles. The van der Waals surface area contributed by atoms with Crippen LogP contribution in [0.2, 0.25) is 0 Å². The molecule has 0 amide bonds. The van der Waals surface area contributed by atoms with Crippen LogP contribution in [0.15, 0.2) is 0 Å². The number of hydrogen-bond donors (Lipinski definition) is 1. The van der Waals surface area contributed by atoms with Crippen molar-refractivity contribution in [1.82, 2.24) is 0 Å². The first-order chi connectivity index (χ1) is 8.90. The Morgan fingerprint density at radius 1 is 1.00 bits per heavy atom. The van der Waals surface area contributed by atoms with E-state index in [9.17, 15) is 22.0 Å². The molecule has 0 saturated heterocycles. The molecule has 0 radical (unpaired) electrons. The standard InChI is InChI=1S/C12H13F5N2/c1-19(6(4-18)5-2-3-5)12-10(16)8(14)7(13)9(15)11(12)17/h5-6H,2-4,18H2,1H3. The van der Waals surface area contributed by atoms with E-state index in [1.807, 2.05) is 0 Å². The van der Waals surface area contributed by atoms with Gasteiger partial charge in [-0.3, -0.25) is 0 Å². The van der Waals surface area contributed by atoms with Gasteiger partial charge < -0.3 is 10.6 Å². The Balaban J connectivity index is 2.49.